The third-order valence-electron chi connectivity index (χ3n) is 2.52. The Balaban J connectivity index is 2.89. The lowest BCUT2D eigenvalue weighted by atomic mass is 9.99. The molecule has 0 aliphatic rings. The van der Waals surface area contributed by atoms with Crippen LogP contribution in [-0.2, 0) is 9.97 Å². The molecule has 0 aliphatic carbocycles. The third kappa shape index (κ3) is 2.53. The van der Waals surface area contributed by atoms with Crippen LogP contribution < -0.4 is 0 Å². The molecule has 96 valence electrons. The van der Waals surface area contributed by atoms with Gasteiger partial charge in [0.25, 0.3) is 0 Å². The van der Waals surface area contributed by atoms with Crippen LogP contribution in [0.2, 0.25) is 0 Å². The Hall–Kier alpha value is -0.640. The van der Waals surface area contributed by atoms with E-state index < -0.39 is 15.5 Å². The summed E-state index contributed by atoms with van der Waals surface area (Å²) in [5.74, 6) is 0. The van der Waals surface area contributed by atoms with Crippen LogP contribution in [-0.4, -0.2) is 0 Å². The van der Waals surface area contributed by atoms with Crippen molar-refractivity contribution in [1.82, 2.24) is 0 Å². The average Bonchev–Trinajstić information content (AvgIpc) is 2.24. The lowest BCUT2D eigenvalue weighted by molar-refractivity contribution is -0.138. The molecule has 0 aromatic heterocycles. The molecular weight excluding hydrogens is 307 g/mol. The van der Waals surface area contributed by atoms with Gasteiger partial charge in [0.2, 0.25) is 3.79 Å². The van der Waals surface area contributed by atoms with Crippen LogP contribution in [0, 0.1) is 0 Å². The Bertz CT molecular complexity index is 585. The summed E-state index contributed by atoms with van der Waals surface area (Å²) >= 11 is 17.0. The molecule has 2 aromatic rings. The molecule has 0 heterocycles. The maximum atomic E-state index is 12.9. The SMILES string of the molecule is FC(F)(F)c1ccc2ccccc2c1C(Cl)(Cl)Cl. The van der Waals surface area contributed by atoms with Gasteiger partial charge < -0.3 is 0 Å². The molecule has 0 aliphatic heterocycles. The number of rotatable bonds is 0. The Morgan fingerprint density at radius 1 is 0.833 bits per heavy atom. The molecule has 6 heteroatoms. The second-order valence-corrected chi connectivity index (χ2v) is 5.99. The van der Waals surface area contributed by atoms with Crippen LogP contribution in [0.25, 0.3) is 10.8 Å². The predicted molar refractivity (Wildman–Crippen MR) is 68.2 cm³/mol. The molecule has 0 amide bonds. The highest BCUT2D eigenvalue weighted by Gasteiger charge is 2.40. The Morgan fingerprint density at radius 2 is 1.44 bits per heavy atom. The van der Waals surface area contributed by atoms with Crippen molar-refractivity contribution in [3.63, 3.8) is 0 Å². The average molecular weight is 314 g/mol. The van der Waals surface area contributed by atoms with Crippen molar-refractivity contribution >= 4 is 45.6 Å². The summed E-state index contributed by atoms with van der Waals surface area (Å²) in [7, 11) is 0. The molecule has 0 fully saturated rings. The topological polar surface area (TPSA) is 0 Å². The molecule has 18 heavy (non-hydrogen) atoms. The van der Waals surface area contributed by atoms with Crippen molar-refractivity contribution in [2.24, 2.45) is 0 Å². The molecule has 2 aromatic carbocycles. The molecule has 0 nitrogen and oxygen atoms in total. The van der Waals surface area contributed by atoms with Crippen molar-refractivity contribution in [3.05, 3.63) is 47.5 Å². The lowest BCUT2D eigenvalue weighted by Crippen LogP contribution is -2.14. The van der Waals surface area contributed by atoms with Gasteiger partial charge in [0, 0.05) is 5.56 Å². The number of hydrogen-bond acceptors (Lipinski definition) is 0. The Labute approximate surface area is 116 Å². The van der Waals surface area contributed by atoms with Gasteiger partial charge >= 0.3 is 6.18 Å². The molecule has 0 saturated carbocycles. The van der Waals surface area contributed by atoms with Gasteiger partial charge in [0.1, 0.15) is 0 Å². The summed E-state index contributed by atoms with van der Waals surface area (Å²) in [6.07, 6.45) is -4.57. The van der Waals surface area contributed by atoms with E-state index in [1.807, 2.05) is 0 Å². The van der Waals surface area contributed by atoms with Crippen LogP contribution in [0.15, 0.2) is 36.4 Å². The zero-order valence-corrected chi connectivity index (χ0v) is 11.0. The van der Waals surface area contributed by atoms with Gasteiger partial charge in [-0.05, 0) is 16.8 Å². The number of benzene rings is 2. The molecule has 0 radical (unpaired) electrons. The van der Waals surface area contributed by atoms with Gasteiger partial charge in [0.15, 0.2) is 0 Å². The van der Waals surface area contributed by atoms with Crippen LogP contribution in [0.4, 0.5) is 13.2 Å². The molecule has 0 bridgehead atoms. The standard InChI is InChI=1S/C12H6Cl3F3/c13-11(14,15)10-8-4-2-1-3-7(8)5-6-9(10)12(16,17)18/h1-6H. The highest BCUT2D eigenvalue weighted by Crippen LogP contribution is 2.47. The fraction of sp³-hybridized carbons (Fsp3) is 0.167. The van der Waals surface area contributed by atoms with E-state index in [2.05, 4.69) is 0 Å². The first kappa shape index (κ1) is 13.8. The van der Waals surface area contributed by atoms with E-state index in [0.29, 0.717) is 5.39 Å². The van der Waals surface area contributed by atoms with Crippen molar-refractivity contribution < 1.29 is 13.2 Å². The summed E-state index contributed by atoms with van der Waals surface area (Å²) in [5, 5.41) is 0.874. The van der Waals surface area contributed by atoms with E-state index in [1.54, 1.807) is 18.2 Å². The molecule has 0 N–H and O–H groups in total. The molecule has 0 unspecified atom stereocenters. The van der Waals surface area contributed by atoms with E-state index >= 15 is 0 Å². The van der Waals surface area contributed by atoms with Gasteiger partial charge in [-0.15, -0.1) is 0 Å². The van der Waals surface area contributed by atoms with Gasteiger partial charge in [-0.1, -0.05) is 65.1 Å². The minimum Gasteiger partial charge on any atom is -0.166 e. The summed E-state index contributed by atoms with van der Waals surface area (Å²) in [6.45, 7) is 0. The normalized spacial score (nSPS) is 13.0. The molecule has 2 rings (SSSR count). The minimum atomic E-state index is -4.57. The smallest absolute Gasteiger partial charge is 0.166 e. The predicted octanol–water partition coefficient (Wildman–Crippen LogP) is 5.69. The third-order valence-corrected chi connectivity index (χ3v) is 3.08. The van der Waals surface area contributed by atoms with Gasteiger partial charge in [-0.25, -0.2) is 0 Å². The zero-order valence-electron chi connectivity index (χ0n) is 8.73. The van der Waals surface area contributed by atoms with E-state index in [-0.39, 0.29) is 10.9 Å². The minimum absolute atomic E-state index is 0.285. The first-order chi connectivity index (χ1) is 8.21. The van der Waals surface area contributed by atoms with Gasteiger partial charge in [-0.3, -0.25) is 0 Å². The Kier molecular flexibility index (Phi) is 3.43. The number of alkyl halides is 6. The quantitative estimate of drug-likeness (QED) is 0.548. The number of hydrogen-bond donors (Lipinski definition) is 0. The van der Waals surface area contributed by atoms with Crippen LogP contribution in [0.1, 0.15) is 11.1 Å². The largest absolute Gasteiger partial charge is 0.416 e. The molecular formula is C12H6Cl3F3. The van der Waals surface area contributed by atoms with Crippen LogP contribution >= 0.6 is 34.8 Å². The van der Waals surface area contributed by atoms with Gasteiger partial charge in [-0.2, -0.15) is 13.2 Å². The highest BCUT2D eigenvalue weighted by atomic mass is 35.6. The fourth-order valence-electron chi connectivity index (χ4n) is 1.81. The Morgan fingerprint density at radius 3 is 2.00 bits per heavy atom. The maximum absolute atomic E-state index is 12.9. The maximum Gasteiger partial charge on any atom is 0.416 e. The van der Waals surface area contributed by atoms with Crippen LogP contribution in [0.5, 0.6) is 0 Å². The first-order valence-corrected chi connectivity index (χ1v) is 6.01. The lowest BCUT2D eigenvalue weighted by Gasteiger charge is -2.20. The summed E-state index contributed by atoms with van der Waals surface area (Å²) in [5.41, 5.74) is -1.26. The van der Waals surface area contributed by atoms with E-state index in [4.69, 9.17) is 34.8 Å². The molecule has 0 saturated heterocycles. The van der Waals surface area contributed by atoms with Gasteiger partial charge in [0.05, 0.1) is 5.56 Å². The summed E-state index contributed by atoms with van der Waals surface area (Å²) in [4.78, 5) is 0. The van der Waals surface area contributed by atoms with E-state index in [1.165, 1.54) is 12.1 Å². The highest BCUT2D eigenvalue weighted by molar-refractivity contribution is 6.67. The van der Waals surface area contributed by atoms with Crippen molar-refractivity contribution in [2.75, 3.05) is 0 Å². The van der Waals surface area contributed by atoms with Crippen molar-refractivity contribution in [2.45, 2.75) is 9.97 Å². The fourth-order valence-corrected chi connectivity index (χ4v) is 2.42. The first-order valence-electron chi connectivity index (χ1n) is 4.87. The van der Waals surface area contributed by atoms with E-state index in [9.17, 15) is 13.2 Å². The number of fused-ring (bicyclic) bond motifs is 1. The molecule has 0 atom stereocenters. The second-order valence-electron chi connectivity index (χ2n) is 3.70. The van der Waals surface area contributed by atoms with Crippen molar-refractivity contribution in [3.8, 4) is 0 Å². The number of halogens is 6. The second kappa shape index (κ2) is 4.48. The monoisotopic (exact) mass is 312 g/mol. The summed E-state index contributed by atoms with van der Waals surface area (Å²) < 4.78 is 36.7. The van der Waals surface area contributed by atoms with Crippen LogP contribution in [0.3, 0.4) is 0 Å². The van der Waals surface area contributed by atoms with Crippen molar-refractivity contribution in [1.29, 1.82) is 0 Å². The van der Waals surface area contributed by atoms with E-state index in [0.717, 1.165) is 6.07 Å². The molecule has 0 spiro atoms. The zero-order chi connectivity index (χ0) is 13.6. The summed E-state index contributed by atoms with van der Waals surface area (Å²) in [6, 6.07) is 8.76.